The van der Waals surface area contributed by atoms with E-state index < -0.39 is 5.97 Å². The Labute approximate surface area is 177 Å². The molecular weight excluding hydrogens is 399 g/mol. The lowest BCUT2D eigenvalue weighted by atomic mass is 9.93. The van der Waals surface area contributed by atoms with Gasteiger partial charge < -0.3 is 9.26 Å². The van der Waals surface area contributed by atoms with E-state index in [0.717, 1.165) is 18.5 Å². The number of aromatic nitrogens is 4. The minimum Gasteiger partial charge on any atom is -0.456 e. The molecule has 8 heteroatoms. The molecule has 1 aliphatic rings. The first-order valence-electron chi connectivity index (χ1n) is 10.1. The van der Waals surface area contributed by atoms with Crippen LogP contribution >= 0.6 is 0 Å². The summed E-state index contributed by atoms with van der Waals surface area (Å²) >= 11 is 0. The van der Waals surface area contributed by atoms with Crippen LogP contribution in [-0.4, -0.2) is 25.9 Å². The van der Waals surface area contributed by atoms with E-state index in [9.17, 15) is 9.18 Å². The molecule has 0 atom stereocenters. The summed E-state index contributed by atoms with van der Waals surface area (Å²) in [5, 5.41) is 8.43. The molecule has 0 unspecified atom stereocenters. The van der Waals surface area contributed by atoms with E-state index in [1.807, 2.05) is 16.9 Å². The number of hydrogen-bond donors (Lipinski definition) is 0. The van der Waals surface area contributed by atoms with Crippen molar-refractivity contribution in [3.05, 3.63) is 77.9 Å². The molecule has 7 nitrogen and oxygen atoms in total. The maximum Gasteiger partial charge on any atom is 0.338 e. The van der Waals surface area contributed by atoms with Crippen LogP contribution in [0.2, 0.25) is 0 Å². The van der Waals surface area contributed by atoms with Gasteiger partial charge in [-0.25, -0.2) is 9.18 Å². The number of hydrogen-bond acceptors (Lipinski definition) is 6. The SMILES string of the molecule is O=C(OCc1ccn(C2CCC2)n1)c1ccc(-c2noc(-c3ccc(F)cc3)n2)cc1. The Hall–Kier alpha value is -3.81. The molecule has 0 aliphatic heterocycles. The normalized spacial score (nSPS) is 13.7. The van der Waals surface area contributed by atoms with E-state index in [2.05, 4.69) is 15.2 Å². The second-order valence-corrected chi connectivity index (χ2v) is 7.46. The highest BCUT2D eigenvalue weighted by Gasteiger charge is 2.20. The number of rotatable bonds is 6. The number of ether oxygens (including phenoxy) is 1. The molecule has 31 heavy (non-hydrogen) atoms. The van der Waals surface area contributed by atoms with Gasteiger partial charge in [-0.2, -0.15) is 10.1 Å². The molecule has 0 amide bonds. The highest BCUT2D eigenvalue weighted by atomic mass is 19.1. The lowest BCUT2D eigenvalue weighted by molar-refractivity contribution is 0.0466. The van der Waals surface area contributed by atoms with E-state index in [4.69, 9.17) is 9.26 Å². The molecule has 2 heterocycles. The van der Waals surface area contributed by atoms with Gasteiger partial charge in [0.1, 0.15) is 12.4 Å². The summed E-state index contributed by atoms with van der Waals surface area (Å²) in [6, 6.07) is 14.9. The fraction of sp³-hybridized carbons (Fsp3) is 0.217. The number of benzene rings is 2. The summed E-state index contributed by atoms with van der Waals surface area (Å²) in [5.41, 5.74) is 2.47. The van der Waals surface area contributed by atoms with Crippen molar-refractivity contribution in [2.75, 3.05) is 0 Å². The van der Waals surface area contributed by atoms with Crippen molar-refractivity contribution >= 4 is 5.97 Å². The summed E-state index contributed by atoms with van der Waals surface area (Å²) in [4.78, 5) is 16.7. The molecule has 1 fully saturated rings. The first kappa shape index (κ1) is 19.2. The Morgan fingerprint density at radius 3 is 2.52 bits per heavy atom. The second kappa shape index (κ2) is 8.14. The molecule has 1 aliphatic carbocycles. The van der Waals surface area contributed by atoms with Crippen molar-refractivity contribution in [1.82, 2.24) is 19.9 Å². The summed E-state index contributed by atoms with van der Waals surface area (Å²) in [6.45, 7) is 0.131. The van der Waals surface area contributed by atoms with Crippen LogP contribution in [-0.2, 0) is 11.3 Å². The molecule has 0 N–H and O–H groups in total. The highest BCUT2D eigenvalue weighted by molar-refractivity contribution is 5.89. The van der Waals surface area contributed by atoms with Gasteiger partial charge in [0.25, 0.3) is 5.89 Å². The van der Waals surface area contributed by atoms with Crippen molar-refractivity contribution < 1.29 is 18.4 Å². The number of halogens is 1. The summed E-state index contributed by atoms with van der Waals surface area (Å²) in [6.07, 6.45) is 5.48. The zero-order chi connectivity index (χ0) is 21.2. The van der Waals surface area contributed by atoms with Crippen LogP contribution in [0.3, 0.4) is 0 Å². The van der Waals surface area contributed by atoms with Crippen LogP contribution in [0.25, 0.3) is 22.8 Å². The fourth-order valence-electron chi connectivity index (χ4n) is 3.34. The minimum atomic E-state index is -0.426. The van der Waals surface area contributed by atoms with E-state index >= 15 is 0 Å². The average molecular weight is 418 g/mol. The Morgan fingerprint density at radius 1 is 1.06 bits per heavy atom. The van der Waals surface area contributed by atoms with Crippen LogP contribution < -0.4 is 0 Å². The third kappa shape index (κ3) is 4.09. The van der Waals surface area contributed by atoms with Crippen LogP contribution in [0.1, 0.15) is 41.4 Å². The third-order valence-corrected chi connectivity index (χ3v) is 5.36. The Balaban J connectivity index is 1.22. The predicted molar refractivity (Wildman–Crippen MR) is 109 cm³/mol. The molecule has 5 rings (SSSR count). The topological polar surface area (TPSA) is 83.0 Å². The Morgan fingerprint density at radius 2 is 1.81 bits per heavy atom. The van der Waals surface area contributed by atoms with Crippen molar-refractivity contribution in [1.29, 1.82) is 0 Å². The molecule has 0 radical (unpaired) electrons. The van der Waals surface area contributed by atoms with E-state index in [-0.39, 0.29) is 12.4 Å². The smallest absolute Gasteiger partial charge is 0.338 e. The predicted octanol–water partition coefficient (Wildman–Crippen LogP) is 4.82. The first-order chi connectivity index (χ1) is 15.2. The Kier molecular flexibility index (Phi) is 5.03. The van der Waals surface area contributed by atoms with Gasteiger partial charge in [-0.15, -0.1) is 0 Å². The van der Waals surface area contributed by atoms with E-state index in [0.29, 0.717) is 34.4 Å². The van der Waals surface area contributed by atoms with Gasteiger partial charge in [0, 0.05) is 17.3 Å². The quantitative estimate of drug-likeness (QED) is 0.418. The molecule has 4 aromatic rings. The van der Waals surface area contributed by atoms with Crippen LogP contribution in [0.4, 0.5) is 4.39 Å². The maximum atomic E-state index is 13.1. The van der Waals surface area contributed by atoms with Gasteiger partial charge in [0.15, 0.2) is 0 Å². The van der Waals surface area contributed by atoms with Crippen molar-refractivity contribution in [2.45, 2.75) is 31.9 Å². The van der Waals surface area contributed by atoms with E-state index in [1.165, 1.54) is 18.6 Å². The van der Waals surface area contributed by atoms with Crippen LogP contribution in [0.5, 0.6) is 0 Å². The van der Waals surface area contributed by atoms with Gasteiger partial charge >= 0.3 is 5.97 Å². The summed E-state index contributed by atoms with van der Waals surface area (Å²) in [7, 11) is 0. The Bertz CT molecular complexity index is 1190. The molecule has 2 aromatic carbocycles. The third-order valence-electron chi connectivity index (χ3n) is 5.36. The zero-order valence-corrected chi connectivity index (χ0v) is 16.6. The fourth-order valence-corrected chi connectivity index (χ4v) is 3.34. The minimum absolute atomic E-state index is 0.131. The van der Waals surface area contributed by atoms with Gasteiger partial charge in [-0.05, 0) is 61.7 Å². The molecule has 0 spiro atoms. The van der Waals surface area contributed by atoms with Gasteiger partial charge in [0.2, 0.25) is 5.82 Å². The van der Waals surface area contributed by atoms with Gasteiger partial charge in [0.05, 0.1) is 17.3 Å². The standard InChI is InChI=1S/C23H19FN4O3/c24-18-10-8-16(9-11-18)22-25-21(27-31-22)15-4-6-17(7-5-15)23(29)30-14-19-12-13-28(26-19)20-2-1-3-20/h4-13,20H,1-3,14H2. The molecule has 0 saturated heterocycles. The van der Waals surface area contributed by atoms with Crippen molar-refractivity contribution in [2.24, 2.45) is 0 Å². The zero-order valence-electron chi connectivity index (χ0n) is 16.6. The van der Waals surface area contributed by atoms with Gasteiger partial charge in [-0.3, -0.25) is 4.68 Å². The van der Waals surface area contributed by atoms with Crippen molar-refractivity contribution in [3.8, 4) is 22.8 Å². The lowest BCUT2D eigenvalue weighted by Crippen LogP contribution is -2.17. The maximum absolute atomic E-state index is 13.1. The number of nitrogens with zero attached hydrogens (tertiary/aromatic N) is 4. The molecule has 1 saturated carbocycles. The largest absolute Gasteiger partial charge is 0.456 e. The molecule has 0 bridgehead atoms. The number of carbonyl (C=O) groups is 1. The lowest BCUT2D eigenvalue weighted by Gasteiger charge is -2.25. The highest BCUT2D eigenvalue weighted by Crippen LogP contribution is 2.30. The second-order valence-electron chi connectivity index (χ2n) is 7.46. The van der Waals surface area contributed by atoms with Crippen LogP contribution in [0, 0.1) is 5.82 Å². The average Bonchev–Trinajstić information content (AvgIpc) is 3.42. The monoisotopic (exact) mass is 418 g/mol. The molecule has 2 aromatic heterocycles. The van der Waals surface area contributed by atoms with Crippen molar-refractivity contribution in [3.63, 3.8) is 0 Å². The molecular formula is C23H19FN4O3. The van der Waals surface area contributed by atoms with Crippen LogP contribution in [0.15, 0.2) is 65.3 Å². The number of esters is 1. The van der Waals surface area contributed by atoms with E-state index in [1.54, 1.807) is 36.4 Å². The van der Waals surface area contributed by atoms with Gasteiger partial charge in [-0.1, -0.05) is 17.3 Å². The molecule has 156 valence electrons. The number of carbonyl (C=O) groups excluding carboxylic acids is 1. The summed E-state index contributed by atoms with van der Waals surface area (Å²) in [5.74, 6) is -0.0943. The summed E-state index contributed by atoms with van der Waals surface area (Å²) < 4.78 is 25.7. The first-order valence-corrected chi connectivity index (χ1v) is 10.1.